The van der Waals surface area contributed by atoms with Crippen molar-refractivity contribution in [2.75, 3.05) is 13.2 Å². The van der Waals surface area contributed by atoms with E-state index in [-0.39, 0.29) is 17.1 Å². The van der Waals surface area contributed by atoms with Crippen molar-refractivity contribution < 1.29 is 70.1 Å². The molecule has 42 heavy (non-hydrogen) atoms. The quantitative estimate of drug-likeness (QED) is 0.147. The first-order chi connectivity index (χ1) is 19.9. The molecule has 2 fully saturated rings. The standard InChI is InChI=1S/C27H30O15/c28-6-12-17(32)21(36)23(38)26(41-12)15-19(34)14-10(31)5-11(8-1-3-9(30)4-2-8)40-25(14)16(20(15)35)27-24(39)22(37)18(33)13(7-29)42-27/h1-5,12-13,17-18,21-24,26-30,32-39H,6-7H2/t12-,13-,17+,18+,21+,22+,23+,24-,26+,27+/m0/s1. The van der Waals surface area contributed by atoms with E-state index < -0.39 is 113 Å². The van der Waals surface area contributed by atoms with Gasteiger partial charge in [-0.1, -0.05) is 0 Å². The first-order valence-electron chi connectivity index (χ1n) is 12.9. The lowest BCUT2D eigenvalue weighted by atomic mass is 9.85. The fourth-order valence-corrected chi connectivity index (χ4v) is 5.39. The zero-order chi connectivity index (χ0) is 30.6. The van der Waals surface area contributed by atoms with E-state index >= 15 is 0 Å². The summed E-state index contributed by atoms with van der Waals surface area (Å²) in [5, 5.41) is 114. The van der Waals surface area contributed by atoms with Crippen molar-refractivity contribution in [1.82, 2.24) is 0 Å². The van der Waals surface area contributed by atoms with Crippen LogP contribution in [0.3, 0.4) is 0 Å². The molecule has 0 saturated carbocycles. The van der Waals surface area contributed by atoms with Gasteiger partial charge in [-0.3, -0.25) is 4.79 Å². The number of aliphatic hydroxyl groups excluding tert-OH is 8. The smallest absolute Gasteiger partial charge is 0.197 e. The number of aliphatic hydroxyl groups is 8. The third kappa shape index (κ3) is 4.79. The number of phenolic OH excluding ortho intramolecular Hbond substituents is 3. The lowest BCUT2D eigenvalue weighted by Gasteiger charge is -2.42. The average Bonchev–Trinajstić information content (AvgIpc) is 2.97. The molecule has 2 aromatic carbocycles. The molecule has 2 saturated heterocycles. The maximum absolute atomic E-state index is 13.5. The first-order valence-corrected chi connectivity index (χ1v) is 12.9. The normalized spacial score (nSPS) is 33.6. The fraction of sp³-hybridized carbons (Fsp3) is 0.444. The van der Waals surface area contributed by atoms with E-state index in [0.717, 1.165) is 6.07 Å². The lowest BCUT2D eigenvalue weighted by molar-refractivity contribution is -0.234. The van der Waals surface area contributed by atoms with E-state index in [2.05, 4.69) is 0 Å². The lowest BCUT2D eigenvalue weighted by Crippen LogP contribution is -2.55. The molecule has 11 N–H and O–H groups in total. The highest BCUT2D eigenvalue weighted by atomic mass is 16.6. The van der Waals surface area contributed by atoms with Gasteiger partial charge in [0, 0.05) is 11.6 Å². The molecule has 15 heteroatoms. The number of fused-ring (bicyclic) bond motifs is 1. The second-order valence-corrected chi connectivity index (χ2v) is 10.2. The maximum atomic E-state index is 13.5. The van der Waals surface area contributed by atoms with Crippen molar-refractivity contribution >= 4 is 11.0 Å². The van der Waals surface area contributed by atoms with Gasteiger partial charge in [-0.05, 0) is 24.3 Å². The molecule has 2 aliphatic heterocycles. The third-order valence-electron chi connectivity index (χ3n) is 7.70. The van der Waals surface area contributed by atoms with Gasteiger partial charge in [0.1, 0.15) is 89.4 Å². The van der Waals surface area contributed by atoms with Gasteiger partial charge < -0.3 is 70.1 Å². The van der Waals surface area contributed by atoms with E-state index in [0.29, 0.717) is 0 Å². The van der Waals surface area contributed by atoms with E-state index in [1.807, 2.05) is 0 Å². The Kier molecular flexibility index (Phi) is 8.16. The Hall–Kier alpha value is -3.35. The summed E-state index contributed by atoms with van der Waals surface area (Å²) < 4.78 is 17.0. The van der Waals surface area contributed by atoms with Crippen LogP contribution in [0.1, 0.15) is 23.3 Å². The first kappa shape index (κ1) is 30.1. The van der Waals surface area contributed by atoms with Crippen molar-refractivity contribution in [2.45, 2.75) is 61.0 Å². The summed E-state index contributed by atoms with van der Waals surface area (Å²) in [4.78, 5) is 13.5. The Bertz CT molecular complexity index is 1500. The zero-order valence-corrected chi connectivity index (χ0v) is 21.6. The van der Waals surface area contributed by atoms with Gasteiger partial charge in [0.05, 0.1) is 24.3 Å². The zero-order valence-electron chi connectivity index (χ0n) is 21.6. The Morgan fingerprint density at radius 1 is 0.643 bits per heavy atom. The van der Waals surface area contributed by atoms with Crippen molar-refractivity contribution in [2.24, 2.45) is 0 Å². The van der Waals surface area contributed by atoms with Crippen molar-refractivity contribution in [3.05, 3.63) is 51.7 Å². The molecule has 2 aliphatic rings. The second-order valence-electron chi connectivity index (χ2n) is 10.2. The van der Waals surface area contributed by atoms with Gasteiger partial charge in [0.2, 0.25) is 0 Å². The molecule has 3 aromatic rings. The summed E-state index contributed by atoms with van der Waals surface area (Å²) >= 11 is 0. The molecule has 10 atom stereocenters. The molecule has 15 nitrogen and oxygen atoms in total. The third-order valence-corrected chi connectivity index (χ3v) is 7.70. The molecule has 0 aliphatic carbocycles. The molecule has 3 heterocycles. The minimum absolute atomic E-state index is 0.0941. The topological polar surface area (TPSA) is 271 Å². The molecule has 0 radical (unpaired) electrons. The van der Waals surface area contributed by atoms with Gasteiger partial charge in [-0.2, -0.15) is 0 Å². The number of benzene rings is 2. The summed E-state index contributed by atoms with van der Waals surface area (Å²) in [6, 6.07) is 6.37. The second kappa shape index (κ2) is 11.4. The van der Waals surface area contributed by atoms with Crippen LogP contribution in [0, 0.1) is 0 Å². The number of hydrogen-bond donors (Lipinski definition) is 11. The fourth-order valence-electron chi connectivity index (χ4n) is 5.39. The minimum atomic E-state index is -2.02. The molecule has 0 unspecified atom stereocenters. The van der Waals surface area contributed by atoms with Gasteiger partial charge in [-0.25, -0.2) is 0 Å². The minimum Gasteiger partial charge on any atom is -0.508 e. The predicted molar refractivity (Wildman–Crippen MR) is 138 cm³/mol. The molecular weight excluding hydrogens is 564 g/mol. The van der Waals surface area contributed by atoms with Gasteiger partial charge in [0.15, 0.2) is 11.0 Å². The molecule has 228 valence electrons. The van der Waals surface area contributed by atoms with Crippen LogP contribution < -0.4 is 5.43 Å². The SMILES string of the molecule is O=c1cc(-c2ccc(O)cc2)oc2c([C@H]3O[C@@H](CO)[C@@H](O)[C@@H](O)[C@@H]3O)c(O)c([C@H]3O[C@@H](CO)[C@@H](O)[C@@H](O)[C@H]3O)c(O)c12. The Morgan fingerprint density at radius 3 is 1.64 bits per heavy atom. The van der Waals surface area contributed by atoms with Crippen LogP contribution in [0.15, 0.2) is 39.5 Å². The number of ether oxygens (including phenoxy) is 2. The van der Waals surface area contributed by atoms with E-state index in [9.17, 15) is 61.0 Å². The van der Waals surface area contributed by atoms with Crippen molar-refractivity contribution in [3.63, 3.8) is 0 Å². The van der Waals surface area contributed by atoms with Gasteiger partial charge in [-0.15, -0.1) is 0 Å². The molecular formula is C27H30O15. The van der Waals surface area contributed by atoms with Crippen LogP contribution in [0.25, 0.3) is 22.3 Å². The summed E-state index contributed by atoms with van der Waals surface area (Å²) in [5.41, 5.74) is -2.48. The summed E-state index contributed by atoms with van der Waals surface area (Å²) in [5.74, 6) is -2.20. The number of phenols is 3. The summed E-state index contributed by atoms with van der Waals surface area (Å²) in [6.07, 6.45) is -18.2. The number of rotatable bonds is 5. The Balaban J connectivity index is 1.82. The van der Waals surface area contributed by atoms with E-state index in [1.54, 1.807) is 0 Å². The summed E-state index contributed by atoms with van der Waals surface area (Å²) in [6.45, 7) is -1.70. The highest BCUT2D eigenvalue weighted by Crippen LogP contribution is 2.51. The molecule has 1 aromatic heterocycles. The number of aromatic hydroxyl groups is 3. The van der Waals surface area contributed by atoms with Crippen LogP contribution in [0.4, 0.5) is 0 Å². The molecule has 0 bridgehead atoms. The Morgan fingerprint density at radius 2 is 1.14 bits per heavy atom. The van der Waals surface area contributed by atoms with Crippen LogP contribution >= 0.6 is 0 Å². The van der Waals surface area contributed by atoms with Crippen LogP contribution in [0.2, 0.25) is 0 Å². The maximum Gasteiger partial charge on any atom is 0.197 e. The predicted octanol–water partition coefficient (Wildman–Crippen LogP) is -2.39. The molecule has 5 rings (SSSR count). The van der Waals surface area contributed by atoms with Crippen LogP contribution in [0.5, 0.6) is 17.2 Å². The summed E-state index contributed by atoms with van der Waals surface area (Å²) in [7, 11) is 0. The Labute approximate surface area is 235 Å². The van der Waals surface area contributed by atoms with Crippen LogP contribution in [-0.2, 0) is 9.47 Å². The molecule has 0 spiro atoms. The van der Waals surface area contributed by atoms with Gasteiger partial charge in [0.25, 0.3) is 0 Å². The van der Waals surface area contributed by atoms with Gasteiger partial charge >= 0.3 is 0 Å². The number of hydrogen-bond acceptors (Lipinski definition) is 15. The average molecular weight is 595 g/mol. The van der Waals surface area contributed by atoms with Crippen molar-refractivity contribution in [1.29, 1.82) is 0 Å². The van der Waals surface area contributed by atoms with Crippen molar-refractivity contribution in [3.8, 4) is 28.6 Å². The highest BCUT2D eigenvalue weighted by molar-refractivity contribution is 5.92. The molecule has 0 amide bonds. The largest absolute Gasteiger partial charge is 0.508 e. The van der Waals surface area contributed by atoms with Crippen LogP contribution in [-0.4, -0.2) is 118 Å². The van der Waals surface area contributed by atoms with E-state index in [1.165, 1.54) is 24.3 Å². The highest BCUT2D eigenvalue weighted by Gasteiger charge is 2.50. The van der Waals surface area contributed by atoms with E-state index in [4.69, 9.17) is 13.9 Å². The monoisotopic (exact) mass is 594 g/mol.